The molecule has 0 aromatic rings. The third-order valence-electron chi connectivity index (χ3n) is 3.60. The Balaban J connectivity index is 2.57. The molecule has 1 fully saturated rings. The van der Waals surface area contributed by atoms with Gasteiger partial charge in [0, 0.05) is 0 Å². The normalized spacial score (nSPS) is 30.1. The van der Waals surface area contributed by atoms with E-state index in [0.717, 1.165) is 5.06 Å². The van der Waals surface area contributed by atoms with Crippen molar-refractivity contribution in [2.24, 2.45) is 21.0 Å². The van der Waals surface area contributed by atoms with Crippen molar-refractivity contribution >= 4 is 5.96 Å². The molecule has 1 radical (unpaired) electrons. The molecule has 3 N–H and O–H groups in total. The van der Waals surface area contributed by atoms with E-state index in [1.807, 2.05) is 0 Å². The smallest absolute Gasteiger partial charge is 0.242 e. The summed E-state index contributed by atoms with van der Waals surface area (Å²) < 4.78 is 0. The number of guanidine groups is 1. The summed E-state index contributed by atoms with van der Waals surface area (Å²) in [4.78, 5) is 3.80. The van der Waals surface area contributed by atoms with E-state index in [1.165, 1.54) is 0 Å². The van der Waals surface area contributed by atoms with Gasteiger partial charge >= 0.3 is 0 Å². The summed E-state index contributed by atoms with van der Waals surface area (Å²) in [5.74, 6) is -0.0420. The molecule has 8 nitrogen and oxygen atoms in total. The first-order valence-corrected chi connectivity index (χ1v) is 5.16. The van der Waals surface area contributed by atoms with Crippen LogP contribution in [0.3, 0.4) is 0 Å². The number of hydrogen-bond donors (Lipinski definition) is 2. The second-order valence-electron chi connectivity index (χ2n) is 5.04. The molecule has 0 amide bonds. The predicted molar refractivity (Wildman–Crippen MR) is 57.8 cm³/mol. The number of aliphatic imine (C=N–C) groups is 1. The van der Waals surface area contributed by atoms with E-state index in [4.69, 9.17) is 5.73 Å². The van der Waals surface area contributed by atoms with Gasteiger partial charge in [0.2, 0.25) is 17.6 Å². The van der Waals surface area contributed by atoms with Crippen molar-refractivity contribution in [1.82, 2.24) is 10.1 Å². The summed E-state index contributed by atoms with van der Waals surface area (Å²) in [5, 5.41) is 31.0. The molecular weight excluding hydrogens is 224 g/mol. The molecule has 0 aromatic heterocycles. The molecule has 2 rings (SSSR count). The van der Waals surface area contributed by atoms with Crippen molar-refractivity contribution in [2.45, 2.75) is 38.8 Å². The lowest BCUT2D eigenvalue weighted by Gasteiger charge is -2.36. The monoisotopic (exact) mass is 239 g/mol. The Morgan fingerprint density at radius 2 is 1.76 bits per heavy atom. The van der Waals surface area contributed by atoms with E-state index >= 15 is 0 Å². The summed E-state index contributed by atoms with van der Waals surface area (Å²) in [6, 6.07) is 0. The van der Waals surface area contributed by atoms with Crippen LogP contribution in [0.4, 0.5) is 0 Å². The van der Waals surface area contributed by atoms with Crippen LogP contribution in [0.15, 0.2) is 26.9 Å². The van der Waals surface area contributed by atoms with Gasteiger partial charge in [0.1, 0.15) is 0 Å². The SMILES string of the molecule is CC1(C)N([O])/C(=C2/N=NC(N)=N2)N(O)C1(C)C. The molecule has 0 saturated carbocycles. The number of nitrogens with two attached hydrogens (primary N) is 1. The highest BCUT2D eigenvalue weighted by molar-refractivity contribution is 5.80. The van der Waals surface area contributed by atoms with Gasteiger partial charge in [-0.2, -0.15) is 10.1 Å². The van der Waals surface area contributed by atoms with Gasteiger partial charge in [-0.15, -0.1) is 10.2 Å². The molecule has 0 spiro atoms. The van der Waals surface area contributed by atoms with Crippen LogP contribution in [0, 0.1) is 0 Å². The second-order valence-corrected chi connectivity index (χ2v) is 5.04. The molecule has 8 heteroatoms. The van der Waals surface area contributed by atoms with Crippen LogP contribution < -0.4 is 5.73 Å². The van der Waals surface area contributed by atoms with Gasteiger partial charge in [-0.3, -0.25) is 5.21 Å². The van der Waals surface area contributed by atoms with Crippen molar-refractivity contribution in [3.63, 3.8) is 0 Å². The van der Waals surface area contributed by atoms with E-state index in [1.54, 1.807) is 27.7 Å². The van der Waals surface area contributed by atoms with Gasteiger partial charge in [0.15, 0.2) is 0 Å². The average molecular weight is 239 g/mol. The Kier molecular flexibility index (Phi) is 2.20. The number of nitrogens with zero attached hydrogens (tertiary/aromatic N) is 5. The maximum Gasteiger partial charge on any atom is 0.242 e. The van der Waals surface area contributed by atoms with E-state index < -0.39 is 11.1 Å². The molecule has 0 aliphatic carbocycles. The third-order valence-corrected chi connectivity index (χ3v) is 3.60. The third kappa shape index (κ3) is 1.34. The summed E-state index contributed by atoms with van der Waals surface area (Å²) in [5.41, 5.74) is 3.75. The standard InChI is InChI=1S/C9H15N6O2/c1-8(2)9(3,4)15(17)6(14(8)16)5-11-7(10)13-12-5/h16H,1-4H3,(H2,10,11)/b6-5+. The van der Waals surface area contributed by atoms with Gasteiger partial charge in [0.25, 0.3) is 0 Å². The van der Waals surface area contributed by atoms with E-state index in [0.29, 0.717) is 5.06 Å². The molecule has 93 valence electrons. The lowest BCUT2D eigenvalue weighted by molar-refractivity contribution is -0.182. The quantitative estimate of drug-likeness (QED) is 0.651. The zero-order chi connectivity index (χ0) is 13.0. The fourth-order valence-electron chi connectivity index (χ4n) is 1.66. The molecule has 2 aliphatic heterocycles. The van der Waals surface area contributed by atoms with E-state index in [9.17, 15) is 10.4 Å². The first-order valence-electron chi connectivity index (χ1n) is 5.16. The maximum atomic E-state index is 12.2. The van der Waals surface area contributed by atoms with Gasteiger partial charge in [-0.1, -0.05) is 5.21 Å². The van der Waals surface area contributed by atoms with Crippen LogP contribution in [-0.4, -0.2) is 32.4 Å². The van der Waals surface area contributed by atoms with E-state index in [2.05, 4.69) is 15.2 Å². The predicted octanol–water partition coefficient (Wildman–Crippen LogP) is 0.803. The fourth-order valence-corrected chi connectivity index (χ4v) is 1.66. The molecule has 1 saturated heterocycles. The van der Waals surface area contributed by atoms with Crippen LogP contribution in [-0.2, 0) is 5.21 Å². The fraction of sp³-hybridized carbons (Fsp3) is 0.667. The Hall–Kier alpha value is -1.67. The van der Waals surface area contributed by atoms with Gasteiger partial charge in [0.05, 0.1) is 11.1 Å². The Morgan fingerprint density at radius 1 is 1.18 bits per heavy atom. The lowest BCUT2D eigenvalue weighted by Crippen LogP contribution is -2.52. The Labute approximate surface area is 98.7 Å². The highest BCUT2D eigenvalue weighted by Crippen LogP contribution is 2.44. The van der Waals surface area contributed by atoms with Crippen molar-refractivity contribution in [2.75, 3.05) is 0 Å². The highest BCUT2D eigenvalue weighted by Gasteiger charge is 2.57. The van der Waals surface area contributed by atoms with Gasteiger partial charge in [-0.25, -0.2) is 5.06 Å². The topological polar surface area (TPSA) is 110 Å². The summed E-state index contributed by atoms with van der Waals surface area (Å²) in [6.07, 6.45) is 0. The van der Waals surface area contributed by atoms with Crippen LogP contribution in [0.25, 0.3) is 0 Å². The van der Waals surface area contributed by atoms with Crippen LogP contribution in [0.1, 0.15) is 27.7 Å². The zero-order valence-corrected chi connectivity index (χ0v) is 10.2. The minimum Gasteiger partial charge on any atom is -0.366 e. The molecule has 2 aliphatic rings. The Bertz CT molecular complexity index is 428. The van der Waals surface area contributed by atoms with Crippen LogP contribution in [0.5, 0.6) is 0 Å². The van der Waals surface area contributed by atoms with Crippen LogP contribution in [0.2, 0.25) is 0 Å². The van der Waals surface area contributed by atoms with Crippen molar-refractivity contribution in [3.8, 4) is 0 Å². The first-order chi connectivity index (χ1) is 7.69. The van der Waals surface area contributed by atoms with Crippen molar-refractivity contribution < 1.29 is 10.4 Å². The second kappa shape index (κ2) is 3.17. The minimum absolute atomic E-state index is 0.0265. The van der Waals surface area contributed by atoms with Crippen molar-refractivity contribution in [3.05, 3.63) is 11.6 Å². The Morgan fingerprint density at radius 3 is 2.12 bits per heavy atom. The van der Waals surface area contributed by atoms with Gasteiger partial charge in [-0.05, 0) is 27.7 Å². The molecule has 0 aromatic carbocycles. The summed E-state index contributed by atoms with van der Waals surface area (Å²) in [6.45, 7) is 6.97. The highest BCUT2D eigenvalue weighted by atomic mass is 16.6. The summed E-state index contributed by atoms with van der Waals surface area (Å²) >= 11 is 0. The molecule has 0 atom stereocenters. The maximum absolute atomic E-state index is 12.2. The number of rotatable bonds is 0. The molecule has 17 heavy (non-hydrogen) atoms. The van der Waals surface area contributed by atoms with Gasteiger partial charge < -0.3 is 5.73 Å². The molecule has 0 unspecified atom stereocenters. The minimum atomic E-state index is -0.827. The lowest BCUT2D eigenvalue weighted by atomic mass is 9.84. The number of hydrogen-bond acceptors (Lipinski definition) is 7. The molecule has 2 heterocycles. The number of azo groups is 1. The van der Waals surface area contributed by atoms with Crippen LogP contribution >= 0.6 is 0 Å². The first kappa shape index (κ1) is 11.8. The molecule has 0 bridgehead atoms. The average Bonchev–Trinajstić information content (AvgIpc) is 2.67. The number of hydroxylamine groups is 4. The van der Waals surface area contributed by atoms with Crippen molar-refractivity contribution in [1.29, 1.82) is 0 Å². The zero-order valence-electron chi connectivity index (χ0n) is 10.2. The van der Waals surface area contributed by atoms with E-state index in [-0.39, 0.29) is 17.6 Å². The summed E-state index contributed by atoms with van der Waals surface area (Å²) in [7, 11) is 0. The molecular formula is C9H15N6O2. The largest absolute Gasteiger partial charge is 0.366 e.